The topological polar surface area (TPSA) is 48.8 Å². The van der Waals surface area contributed by atoms with E-state index in [0.717, 1.165) is 12.8 Å². The first-order valence-corrected chi connectivity index (χ1v) is 9.97. The molecule has 3 nitrogen and oxygen atoms in total. The van der Waals surface area contributed by atoms with Crippen molar-refractivity contribution < 1.29 is 0 Å². The van der Waals surface area contributed by atoms with Gasteiger partial charge in [-0.15, -0.1) is 0 Å². The van der Waals surface area contributed by atoms with Crippen molar-refractivity contribution in [3.63, 3.8) is 0 Å². The molecule has 0 spiro atoms. The van der Waals surface area contributed by atoms with Crippen molar-refractivity contribution in [1.82, 2.24) is 0 Å². The molecule has 0 aliphatic carbocycles. The lowest BCUT2D eigenvalue weighted by Crippen LogP contribution is -2.11. The molecule has 0 amide bonds. The molecule has 0 N–H and O–H groups in total. The van der Waals surface area contributed by atoms with Gasteiger partial charge in [-0.25, -0.2) is 0 Å². The third-order valence-corrected chi connectivity index (χ3v) is 4.64. The van der Waals surface area contributed by atoms with Gasteiger partial charge in [-0.2, -0.15) is 0 Å². The van der Waals surface area contributed by atoms with E-state index in [1.807, 2.05) is 0 Å². The predicted molar refractivity (Wildman–Crippen MR) is 103 cm³/mol. The SMILES string of the molecule is CCCCCCCCCCCCC/C=C/C(C)C(CC)N=[N+]=[N-]. The highest BCUT2D eigenvalue weighted by Gasteiger charge is 2.09. The zero-order valence-corrected chi connectivity index (χ0v) is 15.8. The second kappa shape index (κ2) is 17.4. The fourth-order valence-corrected chi connectivity index (χ4v) is 2.99. The molecule has 2 unspecified atom stereocenters. The molecule has 0 aromatic rings. The maximum Gasteiger partial charge on any atom is 0.0431 e. The van der Waals surface area contributed by atoms with Crippen molar-refractivity contribution in [3.8, 4) is 0 Å². The van der Waals surface area contributed by atoms with E-state index < -0.39 is 0 Å². The summed E-state index contributed by atoms with van der Waals surface area (Å²) in [5.41, 5.74) is 8.54. The van der Waals surface area contributed by atoms with Gasteiger partial charge < -0.3 is 0 Å². The molecule has 0 radical (unpaired) electrons. The summed E-state index contributed by atoms with van der Waals surface area (Å²) in [6, 6.07) is 0.105. The largest absolute Gasteiger partial charge is 0.0900 e. The molecule has 0 bridgehead atoms. The van der Waals surface area contributed by atoms with Crippen LogP contribution in [0.5, 0.6) is 0 Å². The lowest BCUT2D eigenvalue weighted by atomic mass is 9.99. The van der Waals surface area contributed by atoms with E-state index >= 15 is 0 Å². The number of nitrogens with zero attached hydrogens (tertiary/aromatic N) is 3. The smallest absolute Gasteiger partial charge is 0.0431 e. The lowest BCUT2D eigenvalue weighted by molar-refractivity contribution is 0.520. The molecule has 0 rings (SSSR count). The highest BCUT2D eigenvalue weighted by Crippen LogP contribution is 2.15. The van der Waals surface area contributed by atoms with Crippen LogP contribution < -0.4 is 0 Å². The Morgan fingerprint density at radius 1 is 0.870 bits per heavy atom. The van der Waals surface area contributed by atoms with Gasteiger partial charge in [0.15, 0.2) is 0 Å². The van der Waals surface area contributed by atoms with Gasteiger partial charge >= 0.3 is 0 Å². The highest BCUT2D eigenvalue weighted by atomic mass is 15.1. The van der Waals surface area contributed by atoms with Crippen molar-refractivity contribution in [2.45, 2.75) is 110 Å². The van der Waals surface area contributed by atoms with E-state index in [0.29, 0.717) is 5.92 Å². The molecule has 3 heteroatoms. The molecule has 0 aliphatic rings. The highest BCUT2D eigenvalue weighted by molar-refractivity contribution is 4.92. The normalized spacial score (nSPS) is 13.9. The Morgan fingerprint density at radius 2 is 1.39 bits per heavy atom. The minimum Gasteiger partial charge on any atom is -0.0900 e. The second-order valence-corrected chi connectivity index (χ2v) is 6.79. The van der Waals surface area contributed by atoms with Gasteiger partial charge in [0.1, 0.15) is 0 Å². The lowest BCUT2D eigenvalue weighted by Gasteiger charge is -2.13. The van der Waals surface area contributed by atoms with Crippen LogP contribution in [0.2, 0.25) is 0 Å². The van der Waals surface area contributed by atoms with Crippen LogP contribution in [0.3, 0.4) is 0 Å². The van der Waals surface area contributed by atoms with Crippen molar-refractivity contribution in [1.29, 1.82) is 0 Å². The summed E-state index contributed by atoms with van der Waals surface area (Å²) in [5.74, 6) is 0.351. The van der Waals surface area contributed by atoms with Crippen LogP contribution in [-0.4, -0.2) is 6.04 Å². The Balaban J connectivity index is 3.41. The van der Waals surface area contributed by atoms with E-state index in [4.69, 9.17) is 5.53 Å². The minimum atomic E-state index is 0.105. The Hall–Kier alpha value is -0.950. The Bertz CT molecular complexity index is 319. The molecule has 0 saturated heterocycles. The molecule has 23 heavy (non-hydrogen) atoms. The first-order valence-electron chi connectivity index (χ1n) is 9.97. The van der Waals surface area contributed by atoms with E-state index in [1.165, 1.54) is 70.6 Å². The van der Waals surface area contributed by atoms with Gasteiger partial charge in [0.05, 0.1) is 0 Å². The summed E-state index contributed by atoms with van der Waals surface area (Å²) >= 11 is 0. The van der Waals surface area contributed by atoms with Crippen molar-refractivity contribution >= 4 is 0 Å². The van der Waals surface area contributed by atoms with Crippen LogP contribution in [0, 0.1) is 5.92 Å². The number of unbranched alkanes of at least 4 members (excludes halogenated alkanes) is 11. The van der Waals surface area contributed by atoms with Gasteiger partial charge in [0, 0.05) is 11.0 Å². The fraction of sp³-hybridized carbons (Fsp3) is 0.900. The molecule has 0 aromatic carbocycles. The van der Waals surface area contributed by atoms with E-state index in [2.05, 4.69) is 42.9 Å². The number of rotatable bonds is 16. The number of hydrogen-bond acceptors (Lipinski definition) is 1. The maximum atomic E-state index is 8.54. The summed E-state index contributed by atoms with van der Waals surface area (Å²) in [5, 5.41) is 3.85. The van der Waals surface area contributed by atoms with Crippen molar-refractivity contribution in [2.24, 2.45) is 11.0 Å². The Kier molecular flexibility index (Phi) is 16.7. The van der Waals surface area contributed by atoms with Gasteiger partial charge in [-0.3, -0.25) is 0 Å². The Labute approximate surface area is 144 Å². The molecule has 0 aliphatic heterocycles. The standard InChI is InChI=1S/C20H39N3/c1-4-6-7-8-9-10-11-12-13-14-15-16-17-18-19(3)20(5-2)22-23-21/h17-20H,4-16H2,1-3H3/b18-17+. The summed E-state index contributed by atoms with van der Waals surface area (Å²) < 4.78 is 0. The first kappa shape index (κ1) is 22.1. The molecular weight excluding hydrogens is 282 g/mol. The second-order valence-electron chi connectivity index (χ2n) is 6.79. The van der Waals surface area contributed by atoms with Gasteiger partial charge in [-0.05, 0) is 30.7 Å². The van der Waals surface area contributed by atoms with Gasteiger partial charge in [-0.1, -0.05) is 102 Å². The molecule has 0 saturated carbocycles. The van der Waals surface area contributed by atoms with Crippen LogP contribution >= 0.6 is 0 Å². The van der Waals surface area contributed by atoms with E-state index in [-0.39, 0.29) is 6.04 Å². The minimum absolute atomic E-state index is 0.105. The Morgan fingerprint density at radius 3 is 1.87 bits per heavy atom. The quantitative estimate of drug-likeness (QED) is 0.0909. The number of hydrogen-bond donors (Lipinski definition) is 0. The molecule has 2 atom stereocenters. The average Bonchev–Trinajstić information content (AvgIpc) is 2.56. The molecular formula is C20H39N3. The zero-order chi connectivity index (χ0) is 17.2. The predicted octanol–water partition coefficient (Wildman–Crippen LogP) is 7.97. The van der Waals surface area contributed by atoms with E-state index in [1.54, 1.807) is 0 Å². The fourth-order valence-electron chi connectivity index (χ4n) is 2.99. The monoisotopic (exact) mass is 321 g/mol. The van der Waals surface area contributed by atoms with Crippen LogP contribution in [0.15, 0.2) is 17.3 Å². The average molecular weight is 322 g/mol. The van der Waals surface area contributed by atoms with Gasteiger partial charge in [0.2, 0.25) is 0 Å². The molecule has 0 aromatic heterocycles. The molecule has 0 heterocycles. The zero-order valence-electron chi connectivity index (χ0n) is 15.8. The summed E-state index contributed by atoms with van der Waals surface area (Å²) in [4.78, 5) is 2.93. The van der Waals surface area contributed by atoms with Crippen LogP contribution in [0.4, 0.5) is 0 Å². The summed E-state index contributed by atoms with van der Waals surface area (Å²) in [6.07, 6.45) is 21.9. The van der Waals surface area contributed by atoms with Crippen molar-refractivity contribution in [2.75, 3.05) is 0 Å². The summed E-state index contributed by atoms with van der Waals surface area (Å²) in [7, 11) is 0. The van der Waals surface area contributed by atoms with Gasteiger partial charge in [0.25, 0.3) is 0 Å². The number of allylic oxidation sites excluding steroid dienone is 1. The van der Waals surface area contributed by atoms with Crippen LogP contribution in [0.1, 0.15) is 104 Å². The van der Waals surface area contributed by atoms with Crippen LogP contribution in [0.25, 0.3) is 10.4 Å². The van der Waals surface area contributed by atoms with Crippen molar-refractivity contribution in [3.05, 3.63) is 22.6 Å². The third kappa shape index (κ3) is 14.4. The molecule has 134 valence electrons. The van der Waals surface area contributed by atoms with E-state index in [9.17, 15) is 0 Å². The number of azide groups is 1. The van der Waals surface area contributed by atoms with Crippen LogP contribution in [-0.2, 0) is 0 Å². The summed E-state index contributed by atoms with van der Waals surface area (Å²) in [6.45, 7) is 6.49. The first-order chi connectivity index (χ1) is 11.3. The maximum absolute atomic E-state index is 8.54. The third-order valence-electron chi connectivity index (χ3n) is 4.64. The molecule has 0 fully saturated rings.